The van der Waals surface area contributed by atoms with Crippen molar-refractivity contribution in [2.45, 2.75) is 12.5 Å². The second-order valence-corrected chi connectivity index (χ2v) is 3.39. The lowest BCUT2D eigenvalue weighted by atomic mass is 9.94. The van der Waals surface area contributed by atoms with Gasteiger partial charge in [0.1, 0.15) is 0 Å². The van der Waals surface area contributed by atoms with Gasteiger partial charge in [-0.2, -0.15) is 0 Å². The van der Waals surface area contributed by atoms with Crippen LogP contribution < -0.4 is 11.5 Å². The minimum Gasteiger partial charge on any atom is -0.400 e. The van der Waals surface area contributed by atoms with Crippen molar-refractivity contribution >= 4 is 5.57 Å². The van der Waals surface area contributed by atoms with E-state index in [1.807, 2.05) is 36.4 Å². The molecule has 0 amide bonds. The quantitative estimate of drug-likeness (QED) is 0.695. The minimum atomic E-state index is -0.0635. The largest absolute Gasteiger partial charge is 0.400 e. The van der Waals surface area contributed by atoms with Crippen molar-refractivity contribution < 1.29 is 0 Å². The van der Waals surface area contributed by atoms with Crippen molar-refractivity contribution in [2.75, 3.05) is 0 Å². The van der Waals surface area contributed by atoms with Crippen LogP contribution in [-0.2, 0) is 0 Å². The summed E-state index contributed by atoms with van der Waals surface area (Å²) in [6.07, 6.45) is 5.89. The molecule has 1 atom stereocenters. The molecule has 0 bridgehead atoms. The van der Waals surface area contributed by atoms with Crippen LogP contribution in [0.5, 0.6) is 0 Å². The number of nitrogens with two attached hydrogens (primary N) is 2. The van der Waals surface area contributed by atoms with E-state index in [0.29, 0.717) is 0 Å². The number of hydrogen-bond donors (Lipinski definition) is 2. The maximum Gasteiger partial charge on any atom is 0.0484 e. The highest BCUT2D eigenvalue weighted by molar-refractivity contribution is 5.74. The standard InChI is InChI=1S/C12H13N2/c13-11-8-4-7-10(12(11)14)9-5-2-1-3-6-9/h1-6,11H,8,13-14H2. The van der Waals surface area contributed by atoms with Crippen molar-refractivity contribution in [3.05, 3.63) is 53.7 Å². The molecule has 2 nitrogen and oxygen atoms in total. The van der Waals surface area contributed by atoms with Crippen LogP contribution in [0.1, 0.15) is 12.0 Å². The molecule has 4 N–H and O–H groups in total. The van der Waals surface area contributed by atoms with Crippen LogP contribution >= 0.6 is 0 Å². The summed E-state index contributed by atoms with van der Waals surface area (Å²) < 4.78 is 0. The Labute approximate surface area is 83.9 Å². The Morgan fingerprint density at radius 2 is 1.93 bits per heavy atom. The third kappa shape index (κ3) is 1.56. The normalized spacial score (nSPS) is 21.4. The van der Waals surface area contributed by atoms with Gasteiger partial charge < -0.3 is 11.5 Å². The Hall–Kier alpha value is -1.54. The highest BCUT2D eigenvalue weighted by atomic mass is 14.7. The molecule has 14 heavy (non-hydrogen) atoms. The van der Waals surface area contributed by atoms with Gasteiger partial charge in [-0.05, 0) is 18.1 Å². The molecule has 1 aliphatic rings. The Morgan fingerprint density at radius 1 is 1.21 bits per heavy atom. The first-order valence-electron chi connectivity index (χ1n) is 4.68. The molecule has 0 saturated heterocycles. The molecular weight excluding hydrogens is 172 g/mol. The van der Waals surface area contributed by atoms with E-state index in [1.165, 1.54) is 0 Å². The van der Waals surface area contributed by atoms with Gasteiger partial charge >= 0.3 is 0 Å². The van der Waals surface area contributed by atoms with Crippen LogP contribution in [0.3, 0.4) is 0 Å². The van der Waals surface area contributed by atoms with Gasteiger partial charge in [-0.3, -0.25) is 0 Å². The molecule has 0 spiro atoms. The van der Waals surface area contributed by atoms with Crippen LogP contribution in [-0.4, -0.2) is 6.04 Å². The number of benzene rings is 1. The molecule has 0 saturated carbocycles. The summed E-state index contributed by atoms with van der Waals surface area (Å²) in [5.41, 5.74) is 14.5. The molecule has 2 heteroatoms. The molecule has 1 radical (unpaired) electrons. The zero-order chi connectivity index (χ0) is 9.97. The Morgan fingerprint density at radius 3 is 2.64 bits per heavy atom. The van der Waals surface area contributed by atoms with Gasteiger partial charge in [-0.25, -0.2) is 0 Å². The summed E-state index contributed by atoms with van der Waals surface area (Å²) in [6, 6.07) is 9.91. The van der Waals surface area contributed by atoms with Crippen LogP contribution in [0, 0.1) is 6.08 Å². The van der Waals surface area contributed by atoms with E-state index >= 15 is 0 Å². The fraction of sp³-hybridized carbons (Fsp3) is 0.167. The minimum absolute atomic E-state index is 0.0635. The molecule has 1 aliphatic carbocycles. The van der Waals surface area contributed by atoms with Crippen molar-refractivity contribution in [1.82, 2.24) is 0 Å². The third-order valence-electron chi connectivity index (χ3n) is 2.37. The number of rotatable bonds is 1. The summed E-state index contributed by atoms with van der Waals surface area (Å²) in [4.78, 5) is 0. The first kappa shape index (κ1) is 9.03. The number of allylic oxidation sites excluding steroid dienone is 2. The van der Waals surface area contributed by atoms with Gasteiger partial charge in [0.2, 0.25) is 0 Å². The first-order chi connectivity index (χ1) is 6.79. The van der Waals surface area contributed by atoms with E-state index in [4.69, 9.17) is 11.5 Å². The number of hydrogen-bond acceptors (Lipinski definition) is 2. The van der Waals surface area contributed by atoms with Gasteiger partial charge in [0.15, 0.2) is 0 Å². The Kier molecular flexibility index (Phi) is 2.37. The summed E-state index contributed by atoms with van der Waals surface area (Å²) in [6.45, 7) is 0. The smallest absolute Gasteiger partial charge is 0.0484 e. The lowest BCUT2D eigenvalue weighted by Gasteiger charge is -2.18. The van der Waals surface area contributed by atoms with Gasteiger partial charge in [0.05, 0.1) is 0 Å². The Balaban J connectivity index is 2.44. The maximum atomic E-state index is 5.93. The predicted molar refractivity (Wildman–Crippen MR) is 58.0 cm³/mol. The van der Waals surface area contributed by atoms with Crippen molar-refractivity contribution in [1.29, 1.82) is 0 Å². The fourth-order valence-electron chi connectivity index (χ4n) is 1.54. The lowest BCUT2D eigenvalue weighted by Crippen LogP contribution is -2.29. The zero-order valence-corrected chi connectivity index (χ0v) is 7.90. The van der Waals surface area contributed by atoms with Gasteiger partial charge in [-0.1, -0.05) is 36.4 Å². The lowest BCUT2D eigenvalue weighted by molar-refractivity contribution is 0.766. The summed E-state index contributed by atoms with van der Waals surface area (Å²) in [5, 5.41) is 0. The van der Waals surface area contributed by atoms with Gasteiger partial charge in [0.25, 0.3) is 0 Å². The highest BCUT2D eigenvalue weighted by Crippen LogP contribution is 2.22. The van der Waals surface area contributed by atoms with E-state index in [2.05, 4.69) is 6.08 Å². The first-order valence-corrected chi connectivity index (χ1v) is 4.68. The second kappa shape index (κ2) is 3.68. The SMILES string of the molecule is NC1=C(c2ccccc2)[C]=CCC1N. The summed E-state index contributed by atoms with van der Waals surface area (Å²) in [7, 11) is 0. The molecule has 1 aromatic carbocycles. The Bertz CT molecular complexity index is 377. The molecular formula is C12H13N2. The summed E-state index contributed by atoms with van der Waals surface area (Å²) >= 11 is 0. The zero-order valence-electron chi connectivity index (χ0n) is 7.90. The van der Waals surface area contributed by atoms with Crippen molar-refractivity contribution in [3.8, 4) is 0 Å². The van der Waals surface area contributed by atoms with E-state index in [9.17, 15) is 0 Å². The predicted octanol–water partition coefficient (Wildman–Crippen LogP) is 1.45. The van der Waals surface area contributed by atoms with Crippen LogP contribution in [0.25, 0.3) is 5.57 Å². The fourth-order valence-corrected chi connectivity index (χ4v) is 1.54. The monoisotopic (exact) mass is 185 g/mol. The van der Waals surface area contributed by atoms with Crippen molar-refractivity contribution in [2.24, 2.45) is 11.5 Å². The average molecular weight is 185 g/mol. The summed E-state index contributed by atoms with van der Waals surface area (Å²) in [5.74, 6) is 0. The maximum absolute atomic E-state index is 5.93. The van der Waals surface area contributed by atoms with Gasteiger partial charge in [-0.15, -0.1) is 0 Å². The molecule has 0 heterocycles. The van der Waals surface area contributed by atoms with Crippen LogP contribution in [0.2, 0.25) is 0 Å². The van der Waals surface area contributed by atoms with E-state index < -0.39 is 0 Å². The third-order valence-corrected chi connectivity index (χ3v) is 2.37. The molecule has 0 fully saturated rings. The van der Waals surface area contributed by atoms with E-state index in [-0.39, 0.29) is 6.04 Å². The molecule has 0 aliphatic heterocycles. The average Bonchev–Trinajstić information content (AvgIpc) is 2.23. The van der Waals surface area contributed by atoms with Crippen LogP contribution in [0.4, 0.5) is 0 Å². The molecule has 1 aromatic rings. The van der Waals surface area contributed by atoms with Crippen LogP contribution in [0.15, 0.2) is 42.1 Å². The molecule has 0 aromatic heterocycles. The van der Waals surface area contributed by atoms with Gasteiger partial charge in [0, 0.05) is 17.3 Å². The van der Waals surface area contributed by atoms with E-state index in [1.54, 1.807) is 0 Å². The molecule has 2 rings (SSSR count). The molecule has 1 unspecified atom stereocenters. The highest BCUT2D eigenvalue weighted by Gasteiger charge is 2.14. The second-order valence-electron chi connectivity index (χ2n) is 3.39. The topological polar surface area (TPSA) is 52.0 Å². The molecule has 71 valence electrons. The van der Waals surface area contributed by atoms with E-state index in [0.717, 1.165) is 23.3 Å². The van der Waals surface area contributed by atoms with Crippen molar-refractivity contribution in [3.63, 3.8) is 0 Å².